The van der Waals surface area contributed by atoms with Crippen LogP contribution in [-0.4, -0.2) is 40.4 Å². The van der Waals surface area contributed by atoms with Crippen LogP contribution >= 0.6 is 11.6 Å². The number of halogens is 1. The van der Waals surface area contributed by atoms with Crippen LogP contribution in [-0.2, 0) is 4.79 Å². The molecule has 2 aromatic heterocycles. The molecule has 4 heterocycles. The predicted octanol–water partition coefficient (Wildman–Crippen LogP) is 2.97. The number of carbonyl (C=O) groups excluding carboxylic acids is 1. The number of anilines is 2. The molecule has 5 rings (SSSR count). The molecule has 0 aliphatic carbocycles. The third-order valence-electron chi connectivity index (χ3n) is 5.06. The van der Waals surface area contributed by atoms with Crippen LogP contribution in [0, 0.1) is 5.92 Å². The Morgan fingerprint density at radius 1 is 1.18 bits per heavy atom. The van der Waals surface area contributed by atoms with Crippen LogP contribution in [0.3, 0.4) is 0 Å². The maximum atomic E-state index is 12.8. The number of aromatic nitrogens is 3. The molecule has 1 amide bonds. The minimum atomic E-state index is -0.147. The van der Waals surface area contributed by atoms with Crippen LogP contribution < -0.4 is 19.7 Å². The second kappa shape index (κ2) is 6.87. The van der Waals surface area contributed by atoms with Crippen molar-refractivity contribution in [1.29, 1.82) is 0 Å². The maximum absolute atomic E-state index is 12.8. The second-order valence-corrected chi connectivity index (χ2v) is 7.35. The van der Waals surface area contributed by atoms with Gasteiger partial charge in [-0.25, -0.2) is 0 Å². The first-order valence-corrected chi connectivity index (χ1v) is 9.51. The number of fused-ring (bicyclic) bond motifs is 2. The number of ether oxygens (including phenoxy) is 2. The van der Waals surface area contributed by atoms with Crippen molar-refractivity contribution >= 4 is 34.8 Å². The molecule has 144 valence electrons. The minimum Gasteiger partial charge on any atom is -0.454 e. The minimum absolute atomic E-state index is 0.0181. The summed E-state index contributed by atoms with van der Waals surface area (Å²) in [5.74, 6) is 1.88. The SMILES string of the molecule is O=C(Nc1ccc2c(c1)OCO2)[C@H]1CCCN(c2nnc3ccc(Cl)cn23)C1. The van der Waals surface area contributed by atoms with Gasteiger partial charge in [0.25, 0.3) is 0 Å². The number of carbonyl (C=O) groups is 1. The fourth-order valence-corrected chi connectivity index (χ4v) is 3.82. The van der Waals surface area contributed by atoms with Crippen LogP contribution in [0.25, 0.3) is 5.65 Å². The van der Waals surface area contributed by atoms with E-state index in [-0.39, 0.29) is 18.6 Å². The van der Waals surface area contributed by atoms with Crippen molar-refractivity contribution in [2.45, 2.75) is 12.8 Å². The smallest absolute Gasteiger partial charge is 0.231 e. The summed E-state index contributed by atoms with van der Waals surface area (Å²) in [5, 5.41) is 12.1. The number of nitrogens with zero attached hydrogens (tertiary/aromatic N) is 4. The highest BCUT2D eigenvalue weighted by molar-refractivity contribution is 6.30. The Morgan fingerprint density at radius 2 is 2.07 bits per heavy atom. The van der Waals surface area contributed by atoms with E-state index in [0.717, 1.165) is 25.0 Å². The fourth-order valence-electron chi connectivity index (χ4n) is 3.66. The van der Waals surface area contributed by atoms with E-state index in [1.54, 1.807) is 24.4 Å². The largest absolute Gasteiger partial charge is 0.454 e. The zero-order valence-electron chi connectivity index (χ0n) is 15.0. The van der Waals surface area contributed by atoms with Crippen LogP contribution in [0.5, 0.6) is 11.5 Å². The zero-order valence-corrected chi connectivity index (χ0v) is 15.7. The van der Waals surface area contributed by atoms with Gasteiger partial charge in [-0.05, 0) is 37.1 Å². The van der Waals surface area contributed by atoms with E-state index in [0.29, 0.717) is 34.7 Å². The molecular formula is C19H18ClN5O3. The molecule has 0 saturated carbocycles. The van der Waals surface area contributed by atoms with E-state index >= 15 is 0 Å². The summed E-state index contributed by atoms with van der Waals surface area (Å²) in [4.78, 5) is 14.9. The topological polar surface area (TPSA) is 81.0 Å². The van der Waals surface area contributed by atoms with Gasteiger partial charge in [-0.2, -0.15) is 0 Å². The molecule has 2 aliphatic heterocycles. The Morgan fingerprint density at radius 3 is 3.00 bits per heavy atom. The molecule has 0 unspecified atom stereocenters. The number of amides is 1. The summed E-state index contributed by atoms with van der Waals surface area (Å²) < 4.78 is 12.5. The van der Waals surface area contributed by atoms with E-state index in [1.807, 2.05) is 16.5 Å². The molecule has 2 aliphatic rings. The number of benzene rings is 1. The van der Waals surface area contributed by atoms with Gasteiger partial charge in [-0.1, -0.05) is 11.6 Å². The van der Waals surface area contributed by atoms with E-state index < -0.39 is 0 Å². The molecule has 3 aromatic rings. The number of piperidine rings is 1. The van der Waals surface area contributed by atoms with E-state index in [2.05, 4.69) is 20.4 Å². The van der Waals surface area contributed by atoms with Crippen LogP contribution in [0.2, 0.25) is 5.02 Å². The van der Waals surface area contributed by atoms with Crippen molar-refractivity contribution < 1.29 is 14.3 Å². The molecule has 0 bridgehead atoms. The molecular weight excluding hydrogens is 382 g/mol. The second-order valence-electron chi connectivity index (χ2n) is 6.92. The lowest BCUT2D eigenvalue weighted by Crippen LogP contribution is -2.41. The number of hydrogen-bond donors (Lipinski definition) is 1. The lowest BCUT2D eigenvalue weighted by atomic mass is 9.97. The van der Waals surface area contributed by atoms with E-state index in [4.69, 9.17) is 21.1 Å². The Labute approximate surface area is 166 Å². The number of nitrogens with one attached hydrogen (secondary N) is 1. The predicted molar refractivity (Wildman–Crippen MR) is 104 cm³/mol. The Balaban J connectivity index is 1.32. The Kier molecular flexibility index (Phi) is 4.20. The first-order chi connectivity index (χ1) is 13.7. The molecule has 1 saturated heterocycles. The van der Waals surface area contributed by atoms with E-state index in [1.165, 1.54) is 0 Å². The van der Waals surface area contributed by atoms with Gasteiger partial charge in [0.05, 0.1) is 10.9 Å². The van der Waals surface area contributed by atoms with Crippen molar-refractivity contribution in [2.75, 3.05) is 30.1 Å². The third-order valence-corrected chi connectivity index (χ3v) is 5.29. The van der Waals surface area contributed by atoms with Gasteiger partial charge in [0.1, 0.15) is 0 Å². The molecule has 9 heteroatoms. The van der Waals surface area contributed by atoms with Gasteiger partial charge in [-0.15, -0.1) is 10.2 Å². The zero-order chi connectivity index (χ0) is 19.1. The monoisotopic (exact) mass is 399 g/mol. The van der Waals surface area contributed by atoms with Crippen LogP contribution in [0.15, 0.2) is 36.5 Å². The van der Waals surface area contributed by atoms with E-state index in [9.17, 15) is 4.79 Å². The molecule has 0 spiro atoms. The molecule has 8 nitrogen and oxygen atoms in total. The lowest BCUT2D eigenvalue weighted by Gasteiger charge is -2.32. The van der Waals surface area contributed by atoms with Gasteiger partial charge < -0.3 is 19.7 Å². The number of rotatable bonds is 3. The lowest BCUT2D eigenvalue weighted by molar-refractivity contribution is -0.120. The molecule has 1 atom stereocenters. The normalized spacial score (nSPS) is 18.5. The maximum Gasteiger partial charge on any atom is 0.231 e. The summed E-state index contributed by atoms with van der Waals surface area (Å²) in [6.45, 7) is 1.60. The summed E-state index contributed by atoms with van der Waals surface area (Å²) in [7, 11) is 0. The summed E-state index contributed by atoms with van der Waals surface area (Å²) in [6, 6.07) is 9.02. The van der Waals surface area contributed by atoms with Crippen LogP contribution in [0.1, 0.15) is 12.8 Å². The molecule has 1 fully saturated rings. The standard InChI is InChI=1S/C19H18ClN5O3/c20-13-3-6-17-22-23-19(25(17)10-13)24-7-1-2-12(9-24)18(26)21-14-4-5-15-16(8-14)28-11-27-15/h3-6,8,10,12H,1-2,7,9,11H2,(H,21,26)/t12-/m0/s1. The first-order valence-electron chi connectivity index (χ1n) is 9.13. The van der Waals surface area contributed by atoms with Crippen LogP contribution in [0.4, 0.5) is 11.6 Å². The average molecular weight is 400 g/mol. The van der Waals surface area contributed by atoms with Gasteiger partial charge in [-0.3, -0.25) is 9.20 Å². The van der Waals surface area contributed by atoms with Gasteiger partial charge in [0, 0.05) is 31.0 Å². The summed E-state index contributed by atoms with van der Waals surface area (Å²) >= 11 is 6.12. The number of hydrogen-bond acceptors (Lipinski definition) is 6. The summed E-state index contributed by atoms with van der Waals surface area (Å²) in [6.07, 6.45) is 3.52. The third kappa shape index (κ3) is 3.09. The highest BCUT2D eigenvalue weighted by Gasteiger charge is 2.28. The van der Waals surface area contributed by atoms with Gasteiger partial charge in [0.15, 0.2) is 17.1 Å². The molecule has 0 radical (unpaired) electrons. The van der Waals surface area contributed by atoms with Crippen molar-refractivity contribution in [3.8, 4) is 11.5 Å². The molecule has 1 N–H and O–H groups in total. The van der Waals surface area contributed by atoms with Gasteiger partial charge in [0.2, 0.25) is 18.6 Å². The quantitative estimate of drug-likeness (QED) is 0.729. The van der Waals surface area contributed by atoms with Crippen molar-refractivity contribution in [3.05, 3.63) is 41.6 Å². The highest BCUT2D eigenvalue weighted by Crippen LogP contribution is 2.34. The fraction of sp³-hybridized carbons (Fsp3) is 0.316. The Hall–Kier alpha value is -3.00. The summed E-state index contributed by atoms with van der Waals surface area (Å²) in [5.41, 5.74) is 1.43. The van der Waals surface area contributed by atoms with Crippen molar-refractivity contribution in [1.82, 2.24) is 14.6 Å². The van der Waals surface area contributed by atoms with Crippen molar-refractivity contribution in [3.63, 3.8) is 0 Å². The highest BCUT2D eigenvalue weighted by atomic mass is 35.5. The molecule has 28 heavy (non-hydrogen) atoms. The molecule has 1 aromatic carbocycles. The number of pyridine rings is 1. The first kappa shape index (κ1) is 17.1. The average Bonchev–Trinajstić information content (AvgIpc) is 3.34. The van der Waals surface area contributed by atoms with Crippen molar-refractivity contribution in [2.24, 2.45) is 5.92 Å². The Bertz CT molecular complexity index is 1050. The van der Waals surface area contributed by atoms with Gasteiger partial charge >= 0.3 is 0 Å².